The topological polar surface area (TPSA) is 70.6 Å². The number of β-amino-alcohol motifs (C(OH)–C–C–N with tert-alkyl or cyclic N) is 1. The van der Waals surface area contributed by atoms with Crippen molar-refractivity contribution >= 4 is 11.8 Å². The Morgan fingerprint density at radius 3 is 2.40 bits per heavy atom. The number of hydrogen-bond acceptors (Lipinski definition) is 4. The predicted molar refractivity (Wildman–Crippen MR) is 77.8 cm³/mol. The van der Waals surface area contributed by atoms with E-state index >= 15 is 0 Å². The Balaban J connectivity index is 1.89. The highest BCUT2D eigenvalue weighted by atomic mass is 16.6. The molecule has 1 saturated heterocycles. The fourth-order valence-electron chi connectivity index (χ4n) is 2.05. The van der Waals surface area contributed by atoms with Gasteiger partial charge in [0.05, 0.1) is 5.60 Å². The summed E-state index contributed by atoms with van der Waals surface area (Å²) in [4.78, 5) is 11.6. The van der Waals surface area contributed by atoms with Crippen molar-refractivity contribution in [1.29, 1.82) is 0 Å². The van der Waals surface area contributed by atoms with E-state index in [0.717, 1.165) is 5.56 Å². The molecule has 0 atom stereocenters. The summed E-state index contributed by atoms with van der Waals surface area (Å²) in [5.74, 6) is 0. The van der Waals surface area contributed by atoms with Gasteiger partial charge in [-0.3, -0.25) is 5.32 Å². The fourth-order valence-corrected chi connectivity index (χ4v) is 2.05. The van der Waals surface area contributed by atoms with Crippen LogP contribution in [0.5, 0.6) is 0 Å². The molecular formula is C15H22N2O3. The van der Waals surface area contributed by atoms with Crippen LogP contribution in [0.25, 0.3) is 0 Å². The Kier molecular flexibility index (Phi) is 4.01. The zero-order chi connectivity index (χ0) is 14.8. The van der Waals surface area contributed by atoms with E-state index in [0.29, 0.717) is 25.2 Å². The van der Waals surface area contributed by atoms with E-state index < -0.39 is 17.3 Å². The van der Waals surface area contributed by atoms with Gasteiger partial charge in [0.25, 0.3) is 0 Å². The van der Waals surface area contributed by atoms with E-state index in [1.807, 2.05) is 45.0 Å². The number of carbonyl (C=O) groups is 1. The van der Waals surface area contributed by atoms with Gasteiger partial charge in [-0.1, -0.05) is 12.1 Å². The number of ether oxygens (including phenoxy) is 1. The van der Waals surface area contributed by atoms with E-state index in [1.165, 1.54) is 0 Å². The lowest BCUT2D eigenvalue weighted by Gasteiger charge is -2.37. The molecule has 1 aromatic carbocycles. The van der Waals surface area contributed by atoms with Crippen LogP contribution < -0.4 is 10.6 Å². The predicted octanol–water partition coefficient (Wildman–Crippen LogP) is 1.91. The molecule has 110 valence electrons. The van der Waals surface area contributed by atoms with E-state index in [-0.39, 0.29) is 0 Å². The first-order valence-electron chi connectivity index (χ1n) is 6.78. The maximum absolute atomic E-state index is 11.6. The minimum atomic E-state index is -0.625. The molecule has 1 fully saturated rings. The highest BCUT2D eigenvalue weighted by molar-refractivity contribution is 5.84. The number of rotatable bonds is 3. The Bertz CT molecular complexity index is 473. The monoisotopic (exact) mass is 278 g/mol. The van der Waals surface area contributed by atoms with Crippen molar-refractivity contribution in [2.75, 3.05) is 18.4 Å². The van der Waals surface area contributed by atoms with Gasteiger partial charge in [0.15, 0.2) is 0 Å². The zero-order valence-electron chi connectivity index (χ0n) is 12.2. The molecule has 1 aromatic rings. The van der Waals surface area contributed by atoms with E-state index in [1.54, 1.807) is 0 Å². The van der Waals surface area contributed by atoms with Crippen molar-refractivity contribution in [3.05, 3.63) is 29.8 Å². The lowest BCUT2D eigenvalue weighted by atomic mass is 9.89. The third-order valence-electron chi connectivity index (χ3n) is 3.04. The van der Waals surface area contributed by atoms with Gasteiger partial charge in [-0.05, 0) is 38.5 Å². The molecule has 0 radical (unpaired) electrons. The third kappa shape index (κ3) is 4.21. The lowest BCUT2D eigenvalue weighted by molar-refractivity contribution is -0.00902. The lowest BCUT2D eigenvalue weighted by Crippen LogP contribution is -2.60. The molecule has 0 aliphatic carbocycles. The van der Waals surface area contributed by atoms with Crippen LogP contribution in [0.15, 0.2) is 24.3 Å². The van der Waals surface area contributed by atoms with Crippen LogP contribution in [-0.4, -0.2) is 35.5 Å². The van der Waals surface area contributed by atoms with Crippen molar-refractivity contribution in [1.82, 2.24) is 5.32 Å². The summed E-state index contributed by atoms with van der Waals surface area (Å²) in [6.45, 7) is 6.73. The van der Waals surface area contributed by atoms with Gasteiger partial charge in [-0.15, -0.1) is 0 Å². The van der Waals surface area contributed by atoms with Crippen molar-refractivity contribution in [3.63, 3.8) is 0 Å². The number of anilines is 1. The van der Waals surface area contributed by atoms with Gasteiger partial charge in [-0.2, -0.15) is 0 Å². The van der Waals surface area contributed by atoms with Crippen molar-refractivity contribution in [2.45, 2.75) is 38.4 Å². The minimum absolute atomic E-state index is 0.466. The van der Waals surface area contributed by atoms with Gasteiger partial charge in [0.2, 0.25) is 0 Å². The van der Waals surface area contributed by atoms with Crippen molar-refractivity contribution in [2.24, 2.45) is 0 Å². The van der Waals surface area contributed by atoms with Crippen LogP contribution in [0.3, 0.4) is 0 Å². The first-order chi connectivity index (χ1) is 9.26. The number of aliphatic hydroxyl groups is 1. The second-order valence-corrected chi connectivity index (χ2v) is 6.33. The van der Waals surface area contributed by atoms with Crippen LogP contribution >= 0.6 is 0 Å². The Morgan fingerprint density at radius 1 is 1.35 bits per heavy atom. The van der Waals surface area contributed by atoms with Crippen LogP contribution in [0.1, 0.15) is 26.3 Å². The zero-order valence-corrected chi connectivity index (χ0v) is 12.2. The Labute approximate surface area is 119 Å². The minimum Gasteiger partial charge on any atom is -0.444 e. The molecule has 3 N–H and O–H groups in total. The summed E-state index contributed by atoms with van der Waals surface area (Å²) in [5.41, 5.74) is 0.593. The van der Waals surface area contributed by atoms with Crippen molar-refractivity contribution < 1.29 is 14.6 Å². The molecule has 0 bridgehead atoms. The number of amides is 1. The highest BCUT2D eigenvalue weighted by Gasteiger charge is 2.34. The first-order valence-corrected chi connectivity index (χ1v) is 6.78. The number of carbonyl (C=O) groups excluding carboxylic acids is 1. The molecule has 2 rings (SSSR count). The van der Waals surface area contributed by atoms with Crippen LogP contribution in [0, 0.1) is 0 Å². The number of hydrogen-bond donors (Lipinski definition) is 3. The van der Waals surface area contributed by atoms with Crippen LogP contribution in [0.4, 0.5) is 10.5 Å². The molecule has 20 heavy (non-hydrogen) atoms. The van der Waals surface area contributed by atoms with Crippen molar-refractivity contribution in [3.8, 4) is 0 Å². The Morgan fingerprint density at radius 2 is 1.95 bits per heavy atom. The molecule has 1 aliphatic heterocycles. The van der Waals surface area contributed by atoms with Gasteiger partial charge in [-0.25, -0.2) is 4.79 Å². The molecule has 0 unspecified atom stereocenters. The summed E-state index contributed by atoms with van der Waals surface area (Å²) < 4.78 is 5.18. The highest BCUT2D eigenvalue weighted by Crippen LogP contribution is 2.19. The van der Waals surface area contributed by atoms with Crippen LogP contribution in [0.2, 0.25) is 0 Å². The second kappa shape index (κ2) is 5.42. The van der Waals surface area contributed by atoms with Gasteiger partial charge in [0.1, 0.15) is 5.60 Å². The molecule has 1 amide bonds. The smallest absolute Gasteiger partial charge is 0.412 e. The summed E-state index contributed by atoms with van der Waals surface area (Å²) in [5, 5.41) is 15.8. The molecule has 0 saturated carbocycles. The summed E-state index contributed by atoms with van der Waals surface area (Å²) in [6, 6.07) is 7.44. The SMILES string of the molecule is CC(C)(C)OC(=O)Nc1ccc(CC2(O)CNC2)cc1. The summed E-state index contributed by atoms with van der Waals surface area (Å²) >= 11 is 0. The molecule has 5 nitrogen and oxygen atoms in total. The normalized spacial score (nSPS) is 17.2. The average Bonchev–Trinajstić information content (AvgIpc) is 2.27. The summed E-state index contributed by atoms with van der Waals surface area (Å²) in [7, 11) is 0. The fraction of sp³-hybridized carbons (Fsp3) is 0.533. The van der Waals surface area contributed by atoms with Gasteiger partial charge >= 0.3 is 6.09 Å². The average molecular weight is 278 g/mol. The standard InChI is InChI=1S/C15H22N2O3/c1-14(2,3)20-13(18)17-12-6-4-11(5-7-12)8-15(19)9-16-10-15/h4-7,16,19H,8-10H2,1-3H3,(H,17,18). The molecule has 1 heterocycles. The maximum Gasteiger partial charge on any atom is 0.412 e. The van der Waals surface area contributed by atoms with E-state index in [2.05, 4.69) is 10.6 Å². The van der Waals surface area contributed by atoms with Crippen LogP contribution in [-0.2, 0) is 11.2 Å². The molecule has 5 heteroatoms. The first kappa shape index (κ1) is 14.8. The van der Waals surface area contributed by atoms with Gasteiger partial charge < -0.3 is 15.2 Å². The van der Waals surface area contributed by atoms with E-state index in [4.69, 9.17) is 4.74 Å². The second-order valence-electron chi connectivity index (χ2n) is 6.33. The van der Waals surface area contributed by atoms with Gasteiger partial charge in [0, 0.05) is 25.2 Å². The molecule has 1 aliphatic rings. The van der Waals surface area contributed by atoms with E-state index in [9.17, 15) is 9.90 Å². The Hall–Kier alpha value is -1.59. The molecule has 0 spiro atoms. The number of benzene rings is 1. The summed E-state index contributed by atoms with van der Waals surface area (Å²) in [6.07, 6.45) is 0.152. The largest absolute Gasteiger partial charge is 0.444 e. The maximum atomic E-state index is 11.6. The molecular weight excluding hydrogens is 256 g/mol. The quantitative estimate of drug-likeness (QED) is 0.790. The molecule has 0 aromatic heterocycles. The number of nitrogens with one attached hydrogen (secondary N) is 2. The third-order valence-corrected chi connectivity index (χ3v) is 3.04.